The number of benzene rings is 1. The molecule has 3 N–H and O–H groups in total. The first-order chi connectivity index (χ1) is 10.5. The molecule has 7 nitrogen and oxygen atoms in total. The van der Waals surface area contributed by atoms with E-state index in [-0.39, 0.29) is 5.78 Å². The number of ketones is 1. The molecule has 23 heavy (non-hydrogen) atoms. The van der Waals surface area contributed by atoms with Gasteiger partial charge in [-0.2, -0.15) is 0 Å². The van der Waals surface area contributed by atoms with E-state index in [0.29, 0.717) is 11.1 Å². The molecule has 1 amide bonds. The van der Waals surface area contributed by atoms with Gasteiger partial charge in [0.25, 0.3) is 0 Å². The van der Waals surface area contributed by atoms with E-state index in [0.717, 1.165) is 0 Å². The number of hydrogen-bond acceptors (Lipinski definition) is 5. The van der Waals surface area contributed by atoms with Gasteiger partial charge in [0, 0.05) is 5.56 Å². The Kier molecular flexibility index (Phi) is 5.86. The molecule has 0 unspecified atom stereocenters. The number of carboxylic acids is 1. The van der Waals surface area contributed by atoms with Crippen LogP contribution in [0.25, 0.3) is 0 Å². The molecule has 0 heterocycles. The molecule has 0 fully saturated rings. The number of carbonyl (C=O) groups excluding carboxylic acids is 2. The quantitative estimate of drug-likeness (QED) is 0.713. The normalized spacial score (nSPS) is 13.8. The van der Waals surface area contributed by atoms with Crippen molar-refractivity contribution in [2.45, 2.75) is 45.4 Å². The van der Waals surface area contributed by atoms with Crippen LogP contribution in [-0.2, 0) is 9.53 Å². The van der Waals surface area contributed by atoms with E-state index in [1.54, 1.807) is 20.8 Å². The Labute approximate surface area is 134 Å². The number of amides is 1. The number of nitrogens with one attached hydrogen (secondary N) is 1. The lowest BCUT2D eigenvalue weighted by atomic mass is 9.99. The van der Waals surface area contributed by atoms with Crippen LogP contribution in [0.1, 0.15) is 49.7 Å². The van der Waals surface area contributed by atoms with Gasteiger partial charge in [-0.25, -0.2) is 9.59 Å². The van der Waals surface area contributed by atoms with Gasteiger partial charge >= 0.3 is 12.1 Å². The zero-order chi connectivity index (χ0) is 17.8. The van der Waals surface area contributed by atoms with Gasteiger partial charge in [-0.1, -0.05) is 24.3 Å². The van der Waals surface area contributed by atoms with Gasteiger partial charge < -0.3 is 20.3 Å². The summed E-state index contributed by atoms with van der Waals surface area (Å²) in [6, 6.07) is 4.74. The highest BCUT2D eigenvalue weighted by Gasteiger charge is 2.30. The van der Waals surface area contributed by atoms with Crippen molar-refractivity contribution in [1.29, 1.82) is 0 Å². The van der Waals surface area contributed by atoms with Crippen LogP contribution in [-0.4, -0.2) is 39.8 Å². The molecule has 0 aromatic heterocycles. The van der Waals surface area contributed by atoms with E-state index in [1.165, 1.54) is 31.2 Å². The molecule has 0 aliphatic carbocycles. The standard InChI is InChI=1S/C16H21NO6/c1-9(18)10-5-7-11(8-6-10)12(13(19)14(20)21)17-15(22)23-16(2,3)4/h5-8,12-13,19H,1-4H3,(H,17,22)(H,20,21)/t12-,13+/m0/s1. The van der Waals surface area contributed by atoms with Crippen molar-refractivity contribution in [3.8, 4) is 0 Å². The molecule has 0 aliphatic heterocycles. The second-order valence-electron chi connectivity index (χ2n) is 6.09. The van der Waals surface area contributed by atoms with Crippen molar-refractivity contribution in [3.05, 3.63) is 35.4 Å². The first kappa shape index (κ1) is 18.6. The maximum absolute atomic E-state index is 11.9. The lowest BCUT2D eigenvalue weighted by molar-refractivity contribution is -0.148. The number of aliphatic carboxylic acids is 1. The largest absolute Gasteiger partial charge is 0.479 e. The van der Waals surface area contributed by atoms with Crippen molar-refractivity contribution >= 4 is 17.8 Å². The topological polar surface area (TPSA) is 113 Å². The number of rotatable bonds is 5. The summed E-state index contributed by atoms with van der Waals surface area (Å²) in [4.78, 5) is 34.2. The van der Waals surface area contributed by atoms with Gasteiger partial charge in [0.05, 0.1) is 6.04 Å². The fourth-order valence-electron chi connectivity index (χ4n) is 1.85. The number of Topliss-reactive ketones (excluding diaryl/α,β-unsaturated/α-hetero) is 1. The minimum absolute atomic E-state index is 0.146. The van der Waals surface area contributed by atoms with Gasteiger partial charge in [0.2, 0.25) is 0 Å². The van der Waals surface area contributed by atoms with Gasteiger partial charge in [-0.05, 0) is 33.3 Å². The van der Waals surface area contributed by atoms with E-state index in [1.807, 2.05) is 0 Å². The van der Waals surface area contributed by atoms with Crippen LogP contribution in [0.15, 0.2) is 24.3 Å². The number of alkyl carbamates (subject to hydrolysis) is 1. The van der Waals surface area contributed by atoms with Gasteiger partial charge in [-0.3, -0.25) is 4.79 Å². The number of hydrogen-bond donors (Lipinski definition) is 3. The molecule has 1 rings (SSSR count). The summed E-state index contributed by atoms with van der Waals surface area (Å²) in [5.74, 6) is -1.63. The van der Waals surface area contributed by atoms with Crippen LogP contribution in [0.2, 0.25) is 0 Å². The number of ether oxygens (including phenoxy) is 1. The number of carbonyl (C=O) groups is 3. The Morgan fingerprint density at radius 2 is 1.65 bits per heavy atom. The Hall–Kier alpha value is -2.41. The van der Waals surface area contributed by atoms with E-state index >= 15 is 0 Å². The summed E-state index contributed by atoms with van der Waals surface area (Å²) in [6.45, 7) is 6.39. The maximum atomic E-state index is 11.9. The molecular weight excluding hydrogens is 302 g/mol. The zero-order valence-electron chi connectivity index (χ0n) is 13.5. The highest BCUT2D eigenvalue weighted by atomic mass is 16.6. The Morgan fingerprint density at radius 1 is 1.13 bits per heavy atom. The summed E-state index contributed by atoms with van der Waals surface area (Å²) in [7, 11) is 0. The molecule has 0 bridgehead atoms. The average molecular weight is 323 g/mol. The van der Waals surface area contributed by atoms with Crippen LogP contribution in [0.3, 0.4) is 0 Å². The van der Waals surface area contributed by atoms with E-state index in [9.17, 15) is 19.5 Å². The molecule has 0 radical (unpaired) electrons. The van der Waals surface area contributed by atoms with Crippen molar-refractivity contribution in [2.75, 3.05) is 0 Å². The van der Waals surface area contributed by atoms with Crippen LogP contribution in [0.5, 0.6) is 0 Å². The van der Waals surface area contributed by atoms with Crippen molar-refractivity contribution < 1.29 is 29.3 Å². The van der Waals surface area contributed by atoms with Crippen LogP contribution < -0.4 is 5.32 Å². The molecule has 126 valence electrons. The molecule has 0 saturated carbocycles. The third kappa shape index (κ3) is 5.71. The predicted molar refractivity (Wildman–Crippen MR) is 82.2 cm³/mol. The van der Waals surface area contributed by atoms with E-state index in [2.05, 4.69) is 5.32 Å². The highest BCUT2D eigenvalue weighted by molar-refractivity contribution is 5.94. The molecular formula is C16H21NO6. The summed E-state index contributed by atoms with van der Waals surface area (Å²) in [5, 5.41) is 21.2. The molecule has 7 heteroatoms. The molecule has 1 aromatic carbocycles. The Morgan fingerprint density at radius 3 is 2.04 bits per heavy atom. The maximum Gasteiger partial charge on any atom is 0.408 e. The first-order valence-corrected chi connectivity index (χ1v) is 7.02. The van der Waals surface area contributed by atoms with Crippen molar-refractivity contribution in [3.63, 3.8) is 0 Å². The summed E-state index contributed by atoms with van der Waals surface area (Å²) in [5.41, 5.74) is 0.0201. The lowest BCUT2D eigenvalue weighted by Crippen LogP contribution is -2.42. The zero-order valence-corrected chi connectivity index (χ0v) is 13.5. The summed E-state index contributed by atoms with van der Waals surface area (Å²) >= 11 is 0. The fourth-order valence-corrected chi connectivity index (χ4v) is 1.85. The van der Waals surface area contributed by atoms with Crippen molar-refractivity contribution in [2.24, 2.45) is 0 Å². The monoisotopic (exact) mass is 323 g/mol. The lowest BCUT2D eigenvalue weighted by Gasteiger charge is -2.25. The molecule has 2 atom stereocenters. The van der Waals surface area contributed by atoms with Gasteiger partial charge in [-0.15, -0.1) is 0 Å². The van der Waals surface area contributed by atoms with Crippen LogP contribution >= 0.6 is 0 Å². The summed E-state index contributed by atoms with van der Waals surface area (Å²) < 4.78 is 5.07. The smallest absolute Gasteiger partial charge is 0.408 e. The molecule has 1 aromatic rings. The molecule has 0 aliphatic rings. The second kappa shape index (κ2) is 7.23. The first-order valence-electron chi connectivity index (χ1n) is 7.02. The van der Waals surface area contributed by atoms with Crippen LogP contribution in [0, 0.1) is 0 Å². The summed E-state index contributed by atoms with van der Waals surface area (Å²) in [6.07, 6.45) is -2.70. The van der Waals surface area contributed by atoms with Crippen molar-refractivity contribution in [1.82, 2.24) is 5.32 Å². The molecule has 0 saturated heterocycles. The minimum Gasteiger partial charge on any atom is -0.479 e. The third-order valence-corrected chi connectivity index (χ3v) is 2.92. The molecule has 0 spiro atoms. The van der Waals surface area contributed by atoms with Gasteiger partial charge in [0.1, 0.15) is 5.60 Å². The Bertz CT molecular complexity index is 588. The van der Waals surface area contributed by atoms with E-state index < -0.39 is 29.8 Å². The SMILES string of the molecule is CC(=O)c1ccc([C@H](NC(=O)OC(C)(C)C)[C@@H](O)C(=O)O)cc1. The highest BCUT2D eigenvalue weighted by Crippen LogP contribution is 2.20. The number of carboxylic acid groups (broad SMARTS) is 1. The number of aliphatic hydroxyl groups is 1. The predicted octanol–water partition coefficient (Wildman–Crippen LogP) is 1.90. The average Bonchev–Trinajstić information content (AvgIpc) is 2.42. The Balaban J connectivity index is 3.03. The number of aliphatic hydroxyl groups excluding tert-OH is 1. The van der Waals surface area contributed by atoms with Gasteiger partial charge in [0.15, 0.2) is 11.9 Å². The third-order valence-electron chi connectivity index (χ3n) is 2.92. The van der Waals surface area contributed by atoms with Crippen LogP contribution in [0.4, 0.5) is 4.79 Å². The minimum atomic E-state index is -1.86. The second-order valence-corrected chi connectivity index (χ2v) is 6.09. The van der Waals surface area contributed by atoms with E-state index in [4.69, 9.17) is 9.84 Å². The fraction of sp³-hybridized carbons (Fsp3) is 0.438.